The average molecular weight is 448 g/mol. The molecule has 0 heterocycles. The number of nitrogens with zero attached hydrogens (tertiary/aromatic N) is 2. The summed E-state index contributed by atoms with van der Waals surface area (Å²) in [5.41, 5.74) is 2.27. The summed E-state index contributed by atoms with van der Waals surface area (Å²) >= 11 is 5.89. The van der Waals surface area contributed by atoms with Gasteiger partial charge in [0.1, 0.15) is 6.54 Å². The smallest absolute Gasteiger partial charge is 0.271 e. The molecule has 0 unspecified atom stereocenters. The van der Waals surface area contributed by atoms with Crippen molar-refractivity contribution >= 4 is 39.4 Å². The topological polar surface area (TPSA) is 78.8 Å². The predicted octanol–water partition coefficient (Wildman–Crippen LogP) is 3.58. The minimum absolute atomic E-state index is 0.250. The van der Waals surface area contributed by atoms with Gasteiger partial charge in [-0.2, -0.15) is 18.3 Å². The normalized spacial score (nSPS) is 12.2. The summed E-state index contributed by atoms with van der Waals surface area (Å²) in [6, 6.07) is 9.43. The highest BCUT2D eigenvalue weighted by atomic mass is 35.5. The zero-order chi connectivity index (χ0) is 21.8. The first kappa shape index (κ1) is 22.7. The third-order valence-corrected chi connectivity index (χ3v) is 5.12. The number of aryl methyl sites for hydroxylation is 1. The number of hydrogen-bond donors (Lipinski definition) is 1. The van der Waals surface area contributed by atoms with Gasteiger partial charge in [0.05, 0.1) is 28.7 Å². The average Bonchev–Trinajstić information content (AvgIpc) is 2.58. The monoisotopic (exact) mass is 447 g/mol. The van der Waals surface area contributed by atoms with Gasteiger partial charge in [0.25, 0.3) is 5.91 Å². The molecule has 0 radical (unpaired) electrons. The van der Waals surface area contributed by atoms with Crippen molar-refractivity contribution < 1.29 is 26.4 Å². The number of hydrazone groups is 1. The molecule has 0 bridgehead atoms. The van der Waals surface area contributed by atoms with Crippen molar-refractivity contribution in [1.82, 2.24) is 5.43 Å². The van der Waals surface area contributed by atoms with Crippen LogP contribution in [0, 0.1) is 6.92 Å². The summed E-state index contributed by atoms with van der Waals surface area (Å²) in [5, 5.41) is 3.48. The van der Waals surface area contributed by atoms with Crippen LogP contribution in [0.1, 0.15) is 16.7 Å². The van der Waals surface area contributed by atoms with Crippen molar-refractivity contribution in [1.29, 1.82) is 0 Å². The first-order chi connectivity index (χ1) is 13.4. The van der Waals surface area contributed by atoms with Gasteiger partial charge in [-0.25, -0.2) is 13.8 Å². The van der Waals surface area contributed by atoms with Crippen molar-refractivity contribution in [2.45, 2.75) is 13.1 Å². The minimum Gasteiger partial charge on any atom is -0.271 e. The molecular formula is C18H17ClF3N3O3S. The van der Waals surface area contributed by atoms with E-state index in [-0.39, 0.29) is 5.02 Å². The van der Waals surface area contributed by atoms with Gasteiger partial charge in [-0.3, -0.25) is 9.10 Å². The fraction of sp³-hybridized carbons (Fsp3) is 0.222. The van der Waals surface area contributed by atoms with Crippen LogP contribution in [-0.2, 0) is 21.0 Å². The van der Waals surface area contributed by atoms with Gasteiger partial charge in [-0.15, -0.1) is 0 Å². The Morgan fingerprint density at radius 3 is 2.52 bits per heavy atom. The van der Waals surface area contributed by atoms with Crippen LogP contribution in [0.5, 0.6) is 0 Å². The lowest BCUT2D eigenvalue weighted by atomic mass is 10.2. The Morgan fingerprint density at radius 1 is 1.24 bits per heavy atom. The largest absolute Gasteiger partial charge is 0.416 e. The number of nitrogens with one attached hydrogen (secondary N) is 1. The van der Waals surface area contributed by atoms with Crippen LogP contribution in [0.2, 0.25) is 5.02 Å². The maximum atomic E-state index is 13.0. The molecular weight excluding hydrogens is 431 g/mol. The molecule has 1 N–H and O–H groups in total. The molecule has 2 rings (SSSR count). The van der Waals surface area contributed by atoms with E-state index in [9.17, 15) is 26.4 Å². The third-order valence-electron chi connectivity index (χ3n) is 3.67. The lowest BCUT2D eigenvalue weighted by Crippen LogP contribution is -2.39. The molecule has 11 heteroatoms. The van der Waals surface area contributed by atoms with Crippen molar-refractivity contribution in [3.63, 3.8) is 0 Å². The Labute approximate surface area is 171 Å². The highest BCUT2D eigenvalue weighted by Crippen LogP contribution is 2.36. The van der Waals surface area contributed by atoms with Crippen LogP contribution >= 0.6 is 11.6 Å². The second kappa shape index (κ2) is 8.83. The molecule has 0 saturated heterocycles. The number of anilines is 1. The number of rotatable bonds is 6. The first-order valence-corrected chi connectivity index (χ1v) is 10.3. The highest BCUT2D eigenvalue weighted by molar-refractivity contribution is 7.92. The zero-order valence-corrected chi connectivity index (χ0v) is 16.9. The SMILES string of the molecule is Cc1cccc(/C=N\NC(=O)CN(c2cc(C(F)(F)F)ccc2Cl)S(C)(=O)=O)c1. The highest BCUT2D eigenvalue weighted by Gasteiger charge is 2.33. The summed E-state index contributed by atoms with van der Waals surface area (Å²) in [6.07, 6.45) is -2.59. The molecule has 0 fully saturated rings. The summed E-state index contributed by atoms with van der Waals surface area (Å²) in [6.45, 7) is 1.07. The van der Waals surface area contributed by atoms with Crippen LogP contribution in [0.15, 0.2) is 47.6 Å². The minimum atomic E-state index is -4.71. The van der Waals surface area contributed by atoms with E-state index >= 15 is 0 Å². The Kier molecular flexibility index (Phi) is 6.91. The van der Waals surface area contributed by atoms with Crippen LogP contribution in [0.4, 0.5) is 18.9 Å². The van der Waals surface area contributed by atoms with Gasteiger partial charge in [0.15, 0.2) is 0 Å². The van der Waals surface area contributed by atoms with Crippen molar-refractivity contribution in [2.24, 2.45) is 5.10 Å². The van der Waals surface area contributed by atoms with Gasteiger partial charge >= 0.3 is 6.18 Å². The maximum absolute atomic E-state index is 13.0. The molecule has 0 saturated carbocycles. The summed E-state index contributed by atoms with van der Waals surface area (Å²) in [7, 11) is -4.11. The summed E-state index contributed by atoms with van der Waals surface area (Å²) < 4.78 is 63.6. The van der Waals surface area contributed by atoms with Crippen LogP contribution in [0.25, 0.3) is 0 Å². The van der Waals surface area contributed by atoms with E-state index in [2.05, 4.69) is 10.5 Å². The fourth-order valence-electron chi connectivity index (χ4n) is 2.36. The quantitative estimate of drug-likeness (QED) is 0.543. The maximum Gasteiger partial charge on any atom is 0.416 e. The van der Waals surface area contributed by atoms with Crippen molar-refractivity contribution in [3.05, 3.63) is 64.2 Å². The molecule has 0 aromatic heterocycles. The Hall–Kier alpha value is -2.59. The number of carbonyl (C=O) groups is 1. The number of carbonyl (C=O) groups excluding carboxylic acids is 1. The van der Waals surface area contributed by atoms with E-state index in [0.717, 1.165) is 24.0 Å². The second-order valence-electron chi connectivity index (χ2n) is 6.14. The molecule has 0 aliphatic heterocycles. The number of benzene rings is 2. The third kappa shape index (κ3) is 6.47. The molecule has 1 amide bonds. The van der Waals surface area contributed by atoms with E-state index in [1.54, 1.807) is 18.2 Å². The van der Waals surface area contributed by atoms with Gasteiger partial charge in [-0.1, -0.05) is 41.4 Å². The molecule has 29 heavy (non-hydrogen) atoms. The molecule has 0 aliphatic carbocycles. The van der Waals surface area contributed by atoms with Crippen LogP contribution in [-0.4, -0.2) is 33.3 Å². The molecule has 0 atom stereocenters. The van der Waals surface area contributed by atoms with Gasteiger partial charge < -0.3 is 0 Å². The zero-order valence-electron chi connectivity index (χ0n) is 15.4. The number of alkyl halides is 3. The Bertz CT molecular complexity index is 1040. The molecule has 156 valence electrons. The van der Waals surface area contributed by atoms with Gasteiger partial charge in [-0.05, 0) is 30.7 Å². The van der Waals surface area contributed by atoms with E-state index in [1.165, 1.54) is 6.21 Å². The Morgan fingerprint density at radius 2 is 1.93 bits per heavy atom. The molecule has 2 aromatic rings. The summed E-state index contributed by atoms with van der Waals surface area (Å²) in [4.78, 5) is 12.1. The van der Waals surface area contributed by atoms with Crippen LogP contribution in [0.3, 0.4) is 0 Å². The van der Waals surface area contributed by atoms with Gasteiger partial charge in [0.2, 0.25) is 10.0 Å². The van der Waals surface area contributed by atoms with Crippen molar-refractivity contribution in [2.75, 3.05) is 17.1 Å². The van der Waals surface area contributed by atoms with E-state index in [4.69, 9.17) is 11.6 Å². The first-order valence-electron chi connectivity index (χ1n) is 8.11. The summed E-state index contributed by atoms with van der Waals surface area (Å²) in [5.74, 6) is -0.854. The van der Waals surface area contributed by atoms with E-state index < -0.39 is 39.9 Å². The lowest BCUT2D eigenvalue weighted by molar-refractivity contribution is -0.137. The van der Waals surface area contributed by atoms with Crippen molar-refractivity contribution in [3.8, 4) is 0 Å². The number of sulfonamides is 1. The second-order valence-corrected chi connectivity index (χ2v) is 8.45. The number of halogens is 4. The lowest BCUT2D eigenvalue weighted by Gasteiger charge is -2.23. The Balaban J connectivity index is 2.23. The molecule has 6 nitrogen and oxygen atoms in total. The molecule has 2 aromatic carbocycles. The number of hydrogen-bond acceptors (Lipinski definition) is 4. The van der Waals surface area contributed by atoms with E-state index in [1.807, 2.05) is 13.0 Å². The van der Waals surface area contributed by atoms with Crippen LogP contribution < -0.4 is 9.73 Å². The van der Waals surface area contributed by atoms with E-state index in [0.29, 0.717) is 15.9 Å². The molecule has 0 aliphatic rings. The van der Waals surface area contributed by atoms with Gasteiger partial charge in [0, 0.05) is 0 Å². The standard InChI is InChI=1S/C18H17ClF3N3O3S/c1-12-4-3-5-13(8-12)10-23-24-17(26)11-25(29(2,27)28)16-9-14(18(20,21)22)6-7-15(16)19/h3-10H,11H2,1-2H3,(H,24,26)/b23-10-. The number of amides is 1. The predicted molar refractivity (Wildman–Crippen MR) is 106 cm³/mol. The fourth-order valence-corrected chi connectivity index (χ4v) is 3.49. The molecule has 0 spiro atoms.